The van der Waals surface area contributed by atoms with Gasteiger partial charge in [0.25, 0.3) is 0 Å². The van der Waals surface area contributed by atoms with Crippen molar-refractivity contribution in [2.45, 2.75) is 32.6 Å². The number of halogens is 1. The number of anilines is 1. The minimum Gasteiger partial charge on any atom is -0.385 e. The van der Waals surface area contributed by atoms with Crippen LogP contribution in [0.5, 0.6) is 0 Å². The predicted molar refractivity (Wildman–Crippen MR) is 73.5 cm³/mol. The average Bonchev–Trinajstić information content (AvgIpc) is 2.33. The van der Waals surface area contributed by atoms with Gasteiger partial charge in [-0.3, -0.25) is 0 Å². The lowest BCUT2D eigenvalue weighted by atomic mass is 10.2. The van der Waals surface area contributed by atoms with Crippen molar-refractivity contribution in [3.05, 3.63) is 16.0 Å². The summed E-state index contributed by atoms with van der Waals surface area (Å²) in [5.74, 6) is 1.76. The van der Waals surface area contributed by atoms with E-state index in [1.54, 1.807) is 7.11 Å². The summed E-state index contributed by atoms with van der Waals surface area (Å²) in [7, 11) is 3.59. The van der Waals surface area contributed by atoms with Crippen LogP contribution in [0, 0.1) is 0 Å². The Kier molecular flexibility index (Phi) is 6.44. The maximum atomic E-state index is 5.04. The molecule has 0 saturated carbocycles. The lowest BCUT2D eigenvalue weighted by Gasteiger charge is -2.10. The molecule has 17 heavy (non-hydrogen) atoms. The van der Waals surface area contributed by atoms with E-state index in [2.05, 4.69) is 38.1 Å². The molecule has 0 aromatic carbocycles. The van der Waals surface area contributed by atoms with Gasteiger partial charge in [-0.2, -0.15) is 0 Å². The predicted octanol–water partition coefficient (Wildman–Crippen LogP) is 2.81. The van der Waals surface area contributed by atoms with E-state index in [0.717, 1.165) is 54.1 Å². The Morgan fingerprint density at radius 2 is 2.06 bits per heavy atom. The first-order valence-corrected chi connectivity index (χ1v) is 6.74. The molecule has 1 heterocycles. The molecule has 1 aromatic rings. The molecule has 0 aliphatic carbocycles. The van der Waals surface area contributed by atoms with Gasteiger partial charge in [0.05, 0.1) is 10.2 Å². The fraction of sp³-hybridized carbons (Fsp3) is 0.667. The van der Waals surface area contributed by atoms with Gasteiger partial charge in [-0.05, 0) is 28.8 Å². The average molecular weight is 302 g/mol. The second-order valence-electron chi connectivity index (χ2n) is 3.85. The van der Waals surface area contributed by atoms with Crippen LogP contribution in [0.4, 0.5) is 5.82 Å². The number of rotatable bonds is 7. The van der Waals surface area contributed by atoms with Crippen LogP contribution in [0.2, 0.25) is 0 Å². The molecule has 0 fully saturated rings. The minimum absolute atomic E-state index is 0.747. The first kappa shape index (κ1) is 14.4. The first-order valence-electron chi connectivity index (χ1n) is 5.94. The van der Waals surface area contributed by atoms with Crippen molar-refractivity contribution in [3.8, 4) is 0 Å². The van der Waals surface area contributed by atoms with Gasteiger partial charge in [0, 0.05) is 27.2 Å². The van der Waals surface area contributed by atoms with E-state index in [4.69, 9.17) is 4.74 Å². The van der Waals surface area contributed by atoms with Crippen LogP contribution in [0.15, 0.2) is 4.47 Å². The van der Waals surface area contributed by atoms with Gasteiger partial charge in [0.15, 0.2) is 0 Å². The van der Waals surface area contributed by atoms with Gasteiger partial charge in [-0.1, -0.05) is 13.3 Å². The number of aromatic nitrogens is 2. The molecular weight excluding hydrogens is 282 g/mol. The second-order valence-corrected chi connectivity index (χ2v) is 4.64. The van der Waals surface area contributed by atoms with Crippen LogP contribution in [0.3, 0.4) is 0 Å². The Morgan fingerprint density at radius 1 is 1.29 bits per heavy atom. The highest BCUT2D eigenvalue weighted by molar-refractivity contribution is 9.10. The number of nitrogens with one attached hydrogen (secondary N) is 1. The van der Waals surface area contributed by atoms with E-state index in [1.165, 1.54) is 0 Å². The third kappa shape index (κ3) is 4.24. The van der Waals surface area contributed by atoms with Gasteiger partial charge in [0.1, 0.15) is 11.6 Å². The summed E-state index contributed by atoms with van der Waals surface area (Å²) in [6, 6.07) is 0. The van der Waals surface area contributed by atoms with Crippen LogP contribution < -0.4 is 5.32 Å². The third-order valence-corrected chi connectivity index (χ3v) is 3.27. The standard InChI is InChI=1S/C12H20BrN3O/c1-4-6-9-11(13)12(14-2)16-10(15-9)7-5-8-17-3/h4-8H2,1-3H3,(H,14,15,16). The molecule has 5 heteroatoms. The Bertz CT molecular complexity index is 358. The number of nitrogens with zero attached hydrogens (tertiary/aromatic N) is 2. The van der Waals surface area contributed by atoms with Crippen molar-refractivity contribution < 1.29 is 4.74 Å². The SMILES string of the molecule is CCCc1nc(CCCOC)nc(NC)c1Br. The van der Waals surface area contributed by atoms with Gasteiger partial charge < -0.3 is 10.1 Å². The van der Waals surface area contributed by atoms with E-state index in [1.807, 2.05) is 7.05 Å². The van der Waals surface area contributed by atoms with Crippen LogP contribution in [-0.4, -0.2) is 30.7 Å². The zero-order chi connectivity index (χ0) is 12.7. The Labute approximate surface area is 111 Å². The highest BCUT2D eigenvalue weighted by atomic mass is 79.9. The lowest BCUT2D eigenvalue weighted by Crippen LogP contribution is -2.06. The normalized spacial score (nSPS) is 10.6. The van der Waals surface area contributed by atoms with Crippen molar-refractivity contribution in [2.75, 3.05) is 26.1 Å². The van der Waals surface area contributed by atoms with E-state index >= 15 is 0 Å². The Morgan fingerprint density at radius 3 is 2.65 bits per heavy atom. The zero-order valence-corrected chi connectivity index (χ0v) is 12.3. The van der Waals surface area contributed by atoms with Crippen molar-refractivity contribution in [3.63, 3.8) is 0 Å². The summed E-state index contributed by atoms with van der Waals surface area (Å²) in [5, 5.41) is 3.10. The summed E-state index contributed by atoms with van der Waals surface area (Å²) in [4.78, 5) is 9.07. The molecule has 0 amide bonds. The summed E-state index contributed by atoms with van der Waals surface area (Å²) < 4.78 is 6.02. The van der Waals surface area contributed by atoms with Gasteiger partial charge in [-0.25, -0.2) is 9.97 Å². The summed E-state index contributed by atoms with van der Waals surface area (Å²) >= 11 is 3.55. The van der Waals surface area contributed by atoms with Crippen LogP contribution in [-0.2, 0) is 17.6 Å². The molecule has 0 aliphatic heterocycles. The van der Waals surface area contributed by atoms with E-state index in [0.29, 0.717) is 0 Å². The topological polar surface area (TPSA) is 47.0 Å². The van der Waals surface area contributed by atoms with Gasteiger partial charge in [0.2, 0.25) is 0 Å². The molecule has 96 valence electrons. The molecule has 0 atom stereocenters. The van der Waals surface area contributed by atoms with Crippen LogP contribution in [0.25, 0.3) is 0 Å². The molecule has 1 aromatic heterocycles. The maximum absolute atomic E-state index is 5.04. The fourth-order valence-electron chi connectivity index (χ4n) is 1.60. The van der Waals surface area contributed by atoms with Crippen molar-refractivity contribution in [1.82, 2.24) is 9.97 Å². The van der Waals surface area contributed by atoms with Gasteiger partial charge in [-0.15, -0.1) is 0 Å². The summed E-state index contributed by atoms with van der Waals surface area (Å²) in [6.07, 6.45) is 3.85. The van der Waals surface area contributed by atoms with Crippen LogP contribution >= 0.6 is 15.9 Å². The highest BCUT2D eigenvalue weighted by Gasteiger charge is 2.10. The molecule has 0 spiro atoms. The Hall–Kier alpha value is -0.680. The number of ether oxygens (including phenoxy) is 1. The molecule has 0 aliphatic rings. The van der Waals surface area contributed by atoms with E-state index < -0.39 is 0 Å². The van der Waals surface area contributed by atoms with Crippen molar-refractivity contribution in [2.24, 2.45) is 0 Å². The van der Waals surface area contributed by atoms with Crippen molar-refractivity contribution >= 4 is 21.7 Å². The third-order valence-electron chi connectivity index (χ3n) is 2.44. The number of hydrogen-bond acceptors (Lipinski definition) is 4. The number of methoxy groups -OCH3 is 1. The maximum Gasteiger partial charge on any atom is 0.144 e. The quantitative estimate of drug-likeness (QED) is 0.787. The lowest BCUT2D eigenvalue weighted by molar-refractivity contribution is 0.194. The first-order chi connectivity index (χ1) is 8.22. The molecule has 0 radical (unpaired) electrons. The Balaban J connectivity index is 2.86. The smallest absolute Gasteiger partial charge is 0.144 e. The van der Waals surface area contributed by atoms with E-state index in [-0.39, 0.29) is 0 Å². The number of aryl methyl sites for hydroxylation is 2. The van der Waals surface area contributed by atoms with Gasteiger partial charge >= 0.3 is 0 Å². The number of hydrogen-bond donors (Lipinski definition) is 1. The molecular formula is C12H20BrN3O. The minimum atomic E-state index is 0.747. The fourth-order valence-corrected chi connectivity index (χ4v) is 2.17. The zero-order valence-electron chi connectivity index (χ0n) is 10.7. The van der Waals surface area contributed by atoms with E-state index in [9.17, 15) is 0 Å². The molecule has 0 saturated heterocycles. The monoisotopic (exact) mass is 301 g/mol. The molecule has 0 bridgehead atoms. The molecule has 1 N–H and O–H groups in total. The highest BCUT2D eigenvalue weighted by Crippen LogP contribution is 2.24. The second kappa shape index (κ2) is 7.61. The molecule has 1 rings (SSSR count). The van der Waals surface area contributed by atoms with Crippen molar-refractivity contribution in [1.29, 1.82) is 0 Å². The molecule has 4 nitrogen and oxygen atoms in total. The van der Waals surface area contributed by atoms with Crippen LogP contribution in [0.1, 0.15) is 31.3 Å². The summed E-state index contributed by atoms with van der Waals surface area (Å²) in [5.41, 5.74) is 1.08. The molecule has 0 unspecified atom stereocenters. The summed E-state index contributed by atoms with van der Waals surface area (Å²) in [6.45, 7) is 2.90. The largest absolute Gasteiger partial charge is 0.385 e.